The molecule has 0 aromatic rings. The zero-order valence-electron chi connectivity index (χ0n) is 12.1. The molecule has 116 valence electrons. The summed E-state index contributed by atoms with van der Waals surface area (Å²) in [5.41, 5.74) is 0. The molecule has 0 unspecified atom stereocenters. The fraction of sp³-hybridized carbons (Fsp3) is 0.786. The van der Waals surface area contributed by atoms with Gasteiger partial charge in [-0.15, -0.1) is 11.8 Å². The number of nitrogens with zero attached hydrogens (tertiary/aromatic N) is 2. The lowest BCUT2D eigenvalue weighted by Crippen LogP contribution is -2.52. The molecule has 0 saturated carbocycles. The SMILES string of the molecule is C[C@]12CCC(=O)N1[C@@H](C(=O)N1CCC[C@H]1CC(=O)O)CS2. The fourth-order valence-electron chi connectivity index (χ4n) is 3.73. The molecule has 3 heterocycles. The summed E-state index contributed by atoms with van der Waals surface area (Å²) >= 11 is 1.67. The normalized spacial score (nSPS) is 35.4. The number of hydrogen-bond donors (Lipinski definition) is 1. The Morgan fingerprint density at radius 3 is 2.95 bits per heavy atom. The molecule has 6 nitrogen and oxygen atoms in total. The number of amides is 2. The topological polar surface area (TPSA) is 77.9 Å². The molecule has 0 spiro atoms. The Morgan fingerprint density at radius 2 is 2.24 bits per heavy atom. The number of likely N-dealkylation sites (tertiary alicyclic amines) is 1. The van der Waals surface area contributed by atoms with Gasteiger partial charge in [-0.2, -0.15) is 0 Å². The van der Waals surface area contributed by atoms with Gasteiger partial charge in [-0.1, -0.05) is 0 Å². The summed E-state index contributed by atoms with van der Waals surface area (Å²) in [5.74, 6) is -0.264. The summed E-state index contributed by atoms with van der Waals surface area (Å²) in [4.78, 5) is 39.0. The van der Waals surface area contributed by atoms with Crippen LogP contribution in [-0.2, 0) is 14.4 Å². The lowest BCUT2D eigenvalue weighted by Gasteiger charge is -2.33. The van der Waals surface area contributed by atoms with Crippen molar-refractivity contribution in [2.45, 2.75) is 56.0 Å². The number of fused-ring (bicyclic) bond motifs is 1. The number of rotatable bonds is 3. The van der Waals surface area contributed by atoms with E-state index in [2.05, 4.69) is 0 Å². The Kier molecular flexibility index (Phi) is 3.63. The van der Waals surface area contributed by atoms with Crippen LogP contribution in [0.2, 0.25) is 0 Å². The van der Waals surface area contributed by atoms with Crippen molar-refractivity contribution in [3.05, 3.63) is 0 Å². The van der Waals surface area contributed by atoms with E-state index in [4.69, 9.17) is 5.11 Å². The highest BCUT2D eigenvalue weighted by Gasteiger charge is 2.54. The molecule has 3 saturated heterocycles. The molecule has 7 heteroatoms. The lowest BCUT2D eigenvalue weighted by atomic mass is 10.1. The van der Waals surface area contributed by atoms with Crippen LogP contribution in [0.1, 0.15) is 39.0 Å². The van der Waals surface area contributed by atoms with E-state index in [0.717, 1.165) is 19.3 Å². The van der Waals surface area contributed by atoms with Gasteiger partial charge >= 0.3 is 5.97 Å². The number of carboxylic acids is 1. The third-order valence-corrected chi connectivity index (χ3v) is 6.31. The highest BCUT2D eigenvalue weighted by Crippen LogP contribution is 2.47. The molecule has 0 aromatic carbocycles. The van der Waals surface area contributed by atoms with Gasteiger partial charge < -0.3 is 14.9 Å². The minimum Gasteiger partial charge on any atom is -0.481 e. The van der Waals surface area contributed by atoms with Gasteiger partial charge in [-0.25, -0.2) is 0 Å². The first-order valence-electron chi connectivity index (χ1n) is 7.41. The summed E-state index contributed by atoms with van der Waals surface area (Å²) < 4.78 is 0. The summed E-state index contributed by atoms with van der Waals surface area (Å²) in [6, 6.07) is -0.631. The van der Waals surface area contributed by atoms with Crippen molar-refractivity contribution in [1.82, 2.24) is 9.80 Å². The molecule has 2 amide bonds. The van der Waals surface area contributed by atoms with Crippen LogP contribution in [0.15, 0.2) is 0 Å². The molecule has 3 aliphatic heterocycles. The van der Waals surface area contributed by atoms with E-state index in [-0.39, 0.29) is 29.1 Å². The Labute approximate surface area is 127 Å². The van der Waals surface area contributed by atoms with E-state index in [9.17, 15) is 14.4 Å². The molecule has 1 N–H and O–H groups in total. The second kappa shape index (κ2) is 5.19. The zero-order valence-corrected chi connectivity index (χ0v) is 12.9. The summed E-state index contributed by atoms with van der Waals surface area (Å²) in [7, 11) is 0. The summed E-state index contributed by atoms with van der Waals surface area (Å²) in [5, 5.41) is 8.97. The number of hydrogen-bond acceptors (Lipinski definition) is 4. The molecule has 0 aliphatic carbocycles. The van der Waals surface area contributed by atoms with Crippen LogP contribution < -0.4 is 0 Å². The van der Waals surface area contributed by atoms with E-state index in [1.807, 2.05) is 6.92 Å². The molecular formula is C14H20N2O4S. The van der Waals surface area contributed by atoms with Crippen LogP contribution >= 0.6 is 11.8 Å². The second-order valence-electron chi connectivity index (χ2n) is 6.19. The Morgan fingerprint density at radius 1 is 1.48 bits per heavy atom. The maximum atomic E-state index is 12.8. The van der Waals surface area contributed by atoms with E-state index in [0.29, 0.717) is 18.7 Å². The largest absolute Gasteiger partial charge is 0.481 e. The van der Waals surface area contributed by atoms with Gasteiger partial charge in [-0.05, 0) is 26.2 Å². The number of carboxylic acid groups (broad SMARTS) is 1. The van der Waals surface area contributed by atoms with Crippen LogP contribution in [0.3, 0.4) is 0 Å². The minimum absolute atomic E-state index is 0.00316. The average Bonchev–Trinajstić information content (AvgIpc) is 3.06. The van der Waals surface area contributed by atoms with Crippen molar-refractivity contribution in [3.63, 3.8) is 0 Å². The van der Waals surface area contributed by atoms with Gasteiger partial charge in [0.25, 0.3) is 0 Å². The molecule has 3 atom stereocenters. The first-order chi connectivity index (χ1) is 9.92. The van der Waals surface area contributed by atoms with Crippen LogP contribution in [0.25, 0.3) is 0 Å². The predicted octanol–water partition coefficient (Wildman–Crippen LogP) is 0.906. The fourth-order valence-corrected chi connectivity index (χ4v) is 5.16. The predicted molar refractivity (Wildman–Crippen MR) is 77.7 cm³/mol. The van der Waals surface area contributed by atoms with Crippen molar-refractivity contribution in [1.29, 1.82) is 0 Å². The molecule has 0 aromatic heterocycles. The molecular weight excluding hydrogens is 292 g/mol. The van der Waals surface area contributed by atoms with Gasteiger partial charge in [-0.3, -0.25) is 14.4 Å². The number of carbonyl (C=O) groups excluding carboxylic acids is 2. The quantitative estimate of drug-likeness (QED) is 0.838. The standard InChI is InChI=1S/C14H20N2O4S/c1-14-5-4-11(17)16(14)10(8-21-14)13(20)15-6-2-3-9(15)7-12(18)19/h9-10H,2-8H2,1H3,(H,18,19)/t9-,10+,14-/m0/s1. The van der Waals surface area contributed by atoms with E-state index in [1.165, 1.54) is 0 Å². The summed E-state index contributed by atoms with van der Waals surface area (Å²) in [6.07, 6.45) is 2.87. The first kappa shape index (κ1) is 14.7. The first-order valence-corrected chi connectivity index (χ1v) is 8.39. The van der Waals surface area contributed by atoms with Crippen LogP contribution in [0, 0.1) is 0 Å². The van der Waals surface area contributed by atoms with E-state index < -0.39 is 12.0 Å². The lowest BCUT2D eigenvalue weighted by molar-refractivity contribution is -0.146. The monoisotopic (exact) mass is 312 g/mol. The third-order valence-electron chi connectivity index (χ3n) is 4.80. The maximum Gasteiger partial charge on any atom is 0.305 e. The number of carbonyl (C=O) groups is 3. The maximum absolute atomic E-state index is 12.8. The van der Waals surface area contributed by atoms with Gasteiger partial charge in [0, 0.05) is 24.8 Å². The smallest absolute Gasteiger partial charge is 0.305 e. The summed E-state index contributed by atoms with van der Waals surface area (Å²) in [6.45, 7) is 2.63. The molecule has 0 bridgehead atoms. The van der Waals surface area contributed by atoms with E-state index in [1.54, 1.807) is 21.6 Å². The van der Waals surface area contributed by atoms with Crippen LogP contribution in [-0.4, -0.2) is 61.9 Å². The zero-order chi connectivity index (χ0) is 15.2. The molecule has 3 fully saturated rings. The Balaban J connectivity index is 1.76. The van der Waals surface area contributed by atoms with Crippen LogP contribution in [0.4, 0.5) is 0 Å². The average molecular weight is 312 g/mol. The third kappa shape index (κ3) is 2.41. The number of aliphatic carboxylic acids is 1. The number of thioether (sulfide) groups is 1. The highest BCUT2D eigenvalue weighted by molar-refractivity contribution is 8.01. The van der Waals surface area contributed by atoms with Crippen molar-refractivity contribution in [2.75, 3.05) is 12.3 Å². The Hall–Kier alpha value is -1.24. The van der Waals surface area contributed by atoms with Crippen molar-refractivity contribution >= 4 is 29.5 Å². The van der Waals surface area contributed by atoms with E-state index >= 15 is 0 Å². The van der Waals surface area contributed by atoms with Gasteiger partial charge in [0.1, 0.15) is 6.04 Å². The molecule has 0 radical (unpaired) electrons. The molecule has 21 heavy (non-hydrogen) atoms. The van der Waals surface area contributed by atoms with Crippen molar-refractivity contribution < 1.29 is 19.5 Å². The highest BCUT2D eigenvalue weighted by atomic mass is 32.2. The van der Waals surface area contributed by atoms with Crippen LogP contribution in [0.5, 0.6) is 0 Å². The van der Waals surface area contributed by atoms with Gasteiger partial charge in [0.05, 0.1) is 11.3 Å². The Bertz CT molecular complexity index is 497. The minimum atomic E-state index is -0.873. The van der Waals surface area contributed by atoms with Crippen molar-refractivity contribution in [3.8, 4) is 0 Å². The second-order valence-corrected chi connectivity index (χ2v) is 7.69. The molecule has 3 aliphatic rings. The van der Waals surface area contributed by atoms with Gasteiger partial charge in [0.2, 0.25) is 11.8 Å². The molecule has 3 rings (SSSR count). The van der Waals surface area contributed by atoms with Crippen molar-refractivity contribution in [2.24, 2.45) is 0 Å². The van der Waals surface area contributed by atoms with Gasteiger partial charge in [0.15, 0.2) is 0 Å².